The van der Waals surface area contributed by atoms with Crippen LogP contribution < -0.4 is 9.64 Å². The predicted molar refractivity (Wildman–Crippen MR) is 119 cm³/mol. The third-order valence-electron chi connectivity index (χ3n) is 4.21. The lowest BCUT2D eigenvalue weighted by atomic mass is 10.3. The summed E-state index contributed by atoms with van der Waals surface area (Å²) >= 11 is 3.24. The van der Waals surface area contributed by atoms with Crippen molar-refractivity contribution in [2.75, 3.05) is 44.9 Å². The van der Waals surface area contributed by atoms with Gasteiger partial charge in [0.25, 0.3) is 0 Å². The molecule has 0 atom stereocenters. The number of nitrogens with zero attached hydrogens (tertiary/aromatic N) is 3. The van der Waals surface area contributed by atoms with E-state index < -0.39 is 0 Å². The molecule has 1 aromatic heterocycles. The van der Waals surface area contributed by atoms with Crippen molar-refractivity contribution in [1.29, 1.82) is 0 Å². The molecule has 3 aromatic rings. The van der Waals surface area contributed by atoms with Gasteiger partial charge in [0.05, 0.1) is 17.3 Å². The van der Waals surface area contributed by atoms with E-state index in [-0.39, 0.29) is 5.91 Å². The van der Waals surface area contributed by atoms with Crippen LogP contribution in [0.15, 0.2) is 53.4 Å². The van der Waals surface area contributed by atoms with Crippen molar-refractivity contribution in [1.82, 2.24) is 9.88 Å². The molecule has 0 N–H and O–H groups in total. The maximum absolute atomic E-state index is 13.0. The fourth-order valence-corrected chi connectivity index (χ4v) is 4.57. The van der Waals surface area contributed by atoms with E-state index in [2.05, 4.69) is 17.0 Å². The monoisotopic (exact) mass is 415 g/mol. The molecule has 0 saturated heterocycles. The molecule has 1 amide bonds. The van der Waals surface area contributed by atoms with Crippen LogP contribution in [0.4, 0.5) is 5.13 Å². The first-order chi connectivity index (χ1) is 13.6. The standard InChI is InChI=1S/C21H25N3O2S2/c1-23(2)12-13-24(20(25)11-14-27-17-7-5-4-6-8-17)21-22-18-10-9-16(26-3)15-19(18)28-21/h4-10,15H,11-14H2,1-3H3. The minimum absolute atomic E-state index is 0.108. The van der Waals surface area contributed by atoms with Gasteiger partial charge in [-0.3, -0.25) is 9.69 Å². The summed E-state index contributed by atoms with van der Waals surface area (Å²) in [4.78, 5) is 22.8. The number of fused-ring (bicyclic) bond motifs is 1. The van der Waals surface area contributed by atoms with Gasteiger partial charge in [0.2, 0.25) is 5.91 Å². The molecule has 7 heteroatoms. The topological polar surface area (TPSA) is 45.7 Å². The molecule has 0 radical (unpaired) electrons. The van der Waals surface area contributed by atoms with Gasteiger partial charge >= 0.3 is 0 Å². The zero-order valence-corrected chi connectivity index (χ0v) is 18.1. The number of aromatic nitrogens is 1. The molecule has 0 unspecified atom stereocenters. The molecule has 3 rings (SSSR count). The average Bonchev–Trinajstić information content (AvgIpc) is 3.11. The normalized spacial score (nSPS) is 11.1. The largest absolute Gasteiger partial charge is 0.497 e. The Kier molecular flexibility index (Phi) is 7.30. The van der Waals surface area contributed by atoms with Gasteiger partial charge in [0.1, 0.15) is 5.75 Å². The highest BCUT2D eigenvalue weighted by molar-refractivity contribution is 7.99. The zero-order chi connectivity index (χ0) is 19.9. The summed E-state index contributed by atoms with van der Waals surface area (Å²) in [6.45, 7) is 1.41. The average molecular weight is 416 g/mol. The second-order valence-corrected chi connectivity index (χ2v) is 8.77. The van der Waals surface area contributed by atoms with Gasteiger partial charge in [0, 0.05) is 30.2 Å². The lowest BCUT2D eigenvalue weighted by molar-refractivity contribution is -0.118. The number of ether oxygens (including phenoxy) is 1. The van der Waals surface area contributed by atoms with Gasteiger partial charge < -0.3 is 9.64 Å². The van der Waals surface area contributed by atoms with Gasteiger partial charge in [-0.05, 0) is 44.4 Å². The Bertz CT molecular complexity index is 912. The molecule has 1 heterocycles. The number of carbonyl (C=O) groups is 1. The Morgan fingerprint density at radius 2 is 1.93 bits per heavy atom. The SMILES string of the molecule is COc1ccc2nc(N(CCN(C)C)C(=O)CCSc3ccccc3)sc2c1. The van der Waals surface area contributed by atoms with Crippen LogP contribution in [0.2, 0.25) is 0 Å². The number of carbonyl (C=O) groups excluding carboxylic acids is 1. The van der Waals surface area contributed by atoms with E-state index in [0.717, 1.165) is 33.4 Å². The van der Waals surface area contributed by atoms with Gasteiger partial charge in [-0.15, -0.1) is 11.8 Å². The van der Waals surface area contributed by atoms with Crippen LogP contribution in [-0.2, 0) is 4.79 Å². The third kappa shape index (κ3) is 5.47. The van der Waals surface area contributed by atoms with E-state index in [4.69, 9.17) is 9.72 Å². The Morgan fingerprint density at radius 1 is 1.14 bits per heavy atom. The number of methoxy groups -OCH3 is 1. The molecule has 0 spiro atoms. The van der Waals surface area contributed by atoms with E-state index in [0.29, 0.717) is 13.0 Å². The van der Waals surface area contributed by atoms with Gasteiger partial charge in [-0.2, -0.15) is 0 Å². The van der Waals surface area contributed by atoms with E-state index in [9.17, 15) is 4.79 Å². The highest BCUT2D eigenvalue weighted by atomic mass is 32.2. The molecule has 28 heavy (non-hydrogen) atoms. The molecular formula is C21H25N3O2S2. The van der Waals surface area contributed by atoms with Gasteiger partial charge in [-0.1, -0.05) is 29.5 Å². The van der Waals surface area contributed by atoms with E-state index in [1.165, 1.54) is 16.2 Å². The number of amides is 1. The molecular weight excluding hydrogens is 390 g/mol. The van der Waals surface area contributed by atoms with Crippen molar-refractivity contribution in [2.24, 2.45) is 0 Å². The van der Waals surface area contributed by atoms with Crippen molar-refractivity contribution < 1.29 is 9.53 Å². The summed E-state index contributed by atoms with van der Waals surface area (Å²) in [6.07, 6.45) is 0.478. The maximum atomic E-state index is 13.0. The number of hydrogen-bond donors (Lipinski definition) is 0. The van der Waals surface area contributed by atoms with Crippen molar-refractivity contribution in [3.63, 3.8) is 0 Å². The second-order valence-electron chi connectivity index (χ2n) is 6.59. The summed E-state index contributed by atoms with van der Waals surface area (Å²) in [6, 6.07) is 16.0. The second kappa shape index (κ2) is 9.91. The number of hydrogen-bond acceptors (Lipinski definition) is 6. The highest BCUT2D eigenvalue weighted by Gasteiger charge is 2.20. The van der Waals surface area contributed by atoms with Crippen LogP contribution >= 0.6 is 23.1 Å². The third-order valence-corrected chi connectivity index (χ3v) is 6.27. The number of thioether (sulfide) groups is 1. The molecule has 5 nitrogen and oxygen atoms in total. The fourth-order valence-electron chi connectivity index (χ4n) is 2.67. The molecule has 2 aromatic carbocycles. The van der Waals surface area contributed by atoms with Crippen LogP contribution in [0.1, 0.15) is 6.42 Å². The van der Waals surface area contributed by atoms with E-state index >= 15 is 0 Å². The molecule has 0 bridgehead atoms. The van der Waals surface area contributed by atoms with Crippen molar-refractivity contribution in [3.8, 4) is 5.75 Å². The number of anilines is 1. The minimum atomic E-state index is 0.108. The van der Waals surface area contributed by atoms with E-state index in [1.54, 1.807) is 18.9 Å². The van der Waals surface area contributed by atoms with E-state index in [1.807, 2.05) is 55.4 Å². The fraction of sp³-hybridized carbons (Fsp3) is 0.333. The Hall–Kier alpha value is -2.09. The van der Waals surface area contributed by atoms with Gasteiger partial charge in [0.15, 0.2) is 5.13 Å². The lowest BCUT2D eigenvalue weighted by Gasteiger charge is -2.22. The molecule has 0 aliphatic heterocycles. The number of likely N-dealkylation sites (N-methyl/N-ethyl adjacent to an activating group) is 1. The van der Waals surface area contributed by atoms with Crippen LogP contribution in [0.3, 0.4) is 0 Å². The minimum Gasteiger partial charge on any atom is -0.497 e. The number of rotatable bonds is 9. The Balaban J connectivity index is 1.73. The van der Waals surface area contributed by atoms with Crippen LogP contribution in [0.25, 0.3) is 10.2 Å². The van der Waals surface area contributed by atoms with Crippen molar-refractivity contribution in [2.45, 2.75) is 11.3 Å². The Morgan fingerprint density at radius 3 is 2.64 bits per heavy atom. The highest BCUT2D eigenvalue weighted by Crippen LogP contribution is 2.32. The smallest absolute Gasteiger partial charge is 0.229 e. The zero-order valence-electron chi connectivity index (χ0n) is 16.4. The van der Waals surface area contributed by atoms with Crippen LogP contribution in [0, 0.1) is 0 Å². The molecule has 0 aliphatic carbocycles. The first-order valence-electron chi connectivity index (χ1n) is 9.14. The molecule has 0 fully saturated rings. The summed E-state index contributed by atoms with van der Waals surface area (Å²) < 4.78 is 6.33. The predicted octanol–water partition coefficient (Wildman–Crippen LogP) is 4.38. The van der Waals surface area contributed by atoms with Crippen molar-refractivity contribution >= 4 is 44.4 Å². The number of thiazole rings is 1. The first kappa shape index (κ1) is 20.6. The summed E-state index contributed by atoms with van der Waals surface area (Å²) in [5.74, 6) is 1.66. The summed E-state index contributed by atoms with van der Waals surface area (Å²) in [7, 11) is 5.68. The van der Waals surface area contributed by atoms with Crippen molar-refractivity contribution in [3.05, 3.63) is 48.5 Å². The van der Waals surface area contributed by atoms with Gasteiger partial charge in [-0.25, -0.2) is 4.98 Å². The maximum Gasteiger partial charge on any atom is 0.229 e. The molecule has 0 saturated carbocycles. The molecule has 0 aliphatic rings. The summed E-state index contributed by atoms with van der Waals surface area (Å²) in [5, 5.41) is 0.750. The lowest BCUT2D eigenvalue weighted by Crippen LogP contribution is -2.36. The Labute approximate surface area is 174 Å². The van der Waals surface area contributed by atoms with Crippen LogP contribution in [-0.4, -0.2) is 55.8 Å². The quantitative estimate of drug-likeness (QED) is 0.485. The molecule has 148 valence electrons. The number of benzene rings is 2. The summed E-state index contributed by atoms with van der Waals surface area (Å²) in [5.41, 5.74) is 0.891. The first-order valence-corrected chi connectivity index (χ1v) is 10.9. The van der Waals surface area contributed by atoms with Crippen LogP contribution in [0.5, 0.6) is 5.75 Å².